The first kappa shape index (κ1) is 19.1. The standard InChI is InChI=1S/C8H12O4.2CH6N2/c9-7(10)5-1-2-6(4-3-5)8(11)12;2*2-1-3/h5-6H,1-4H2,(H,9,10)(H,11,12);2*1-3H2. The number of carbonyl (C=O) groups is 2. The SMILES string of the molecule is NC[NH3+].NC[NH3+].O=C([O-])C1CCC(C(=O)[O-])CC1. The quantitative estimate of drug-likeness (QED) is 0.360. The summed E-state index contributed by atoms with van der Waals surface area (Å²) in [6, 6.07) is 0. The van der Waals surface area contributed by atoms with E-state index in [1.54, 1.807) is 0 Å². The second-order valence-electron chi connectivity index (χ2n) is 3.76. The molecule has 0 atom stereocenters. The van der Waals surface area contributed by atoms with Gasteiger partial charge in [-0.05, 0) is 37.5 Å². The number of carboxylic acid groups (broad SMARTS) is 2. The van der Waals surface area contributed by atoms with Gasteiger partial charge in [0.2, 0.25) is 0 Å². The molecule has 18 heavy (non-hydrogen) atoms. The Labute approximate surface area is 106 Å². The molecular weight excluding hydrogens is 240 g/mol. The minimum absolute atomic E-state index is 0.404. The zero-order chi connectivity index (χ0) is 14.6. The van der Waals surface area contributed by atoms with Crippen LogP contribution in [-0.4, -0.2) is 25.3 Å². The Morgan fingerprint density at radius 2 is 1.06 bits per heavy atom. The first-order valence-corrected chi connectivity index (χ1v) is 5.84. The number of aliphatic carboxylic acids is 2. The molecule has 8 heteroatoms. The number of nitrogens with two attached hydrogens (primary N) is 2. The molecule has 0 bridgehead atoms. The van der Waals surface area contributed by atoms with Crippen LogP contribution in [0.15, 0.2) is 0 Å². The van der Waals surface area contributed by atoms with Crippen molar-refractivity contribution in [3.05, 3.63) is 0 Å². The molecule has 0 aliphatic heterocycles. The van der Waals surface area contributed by atoms with Gasteiger partial charge in [0, 0.05) is 11.9 Å². The molecule has 8 nitrogen and oxygen atoms in total. The van der Waals surface area contributed by atoms with Crippen LogP contribution in [0.2, 0.25) is 0 Å². The van der Waals surface area contributed by atoms with Gasteiger partial charge in [0.05, 0.1) is 0 Å². The lowest BCUT2D eigenvalue weighted by molar-refractivity contribution is -0.366. The summed E-state index contributed by atoms with van der Waals surface area (Å²) in [4.78, 5) is 20.7. The van der Waals surface area contributed by atoms with Crippen molar-refractivity contribution >= 4 is 11.9 Å². The minimum atomic E-state index is -1.06. The Balaban J connectivity index is 0. The molecule has 0 amide bonds. The normalized spacial score (nSPS) is 21.8. The number of carbonyl (C=O) groups excluding carboxylic acids is 2. The maximum atomic E-state index is 10.4. The van der Waals surface area contributed by atoms with E-state index in [0.29, 0.717) is 39.0 Å². The van der Waals surface area contributed by atoms with Crippen LogP contribution in [0.3, 0.4) is 0 Å². The second-order valence-corrected chi connectivity index (χ2v) is 3.76. The Bertz CT molecular complexity index is 206. The highest BCUT2D eigenvalue weighted by molar-refractivity contribution is 5.70. The van der Waals surface area contributed by atoms with Gasteiger partial charge in [-0.3, -0.25) is 11.5 Å². The fraction of sp³-hybridized carbons (Fsp3) is 0.800. The third kappa shape index (κ3) is 9.97. The van der Waals surface area contributed by atoms with Gasteiger partial charge in [0.25, 0.3) is 0 Å². The molecule has 1 fully saturated rings. The third-order valence-electron chi connectivity index (χ3n) is 2.39. The molecular formula is C10H24N4O4. The molecule has 1 aliphatic carbocycles. The summed E-state index contributed by atoms with van der Waals surface area (Å²) in [5.41, 5.74) is 16.0. The highest BCUT2D eigenvalue weighted by Crippen LogP contribution is 2.27. The monoisotopic (exact) mass is 264 g/mol. The van der Waals surface area contributed by atoms with Crippen LogP contribution >= 0.6 is 0 Å². The van der Waals surface area contributed by atoms with E-state index in [0.717, 1.165) is 0 Å². The second kappa shape index (κ2) is 12.2. The summed E-state index contributed by atoms with van der Waals surface area (Å²) in [7, 11) is 0. The van der Waals surface area contributed by atoms with E-state index in [4.69, 9.17) is 11.5 Å². The molecule has 0 aromatic rings. The van der Waals surface area contributed by atoms with E-state index >= 15 is 0 Å². The van der Waals surface area contributed by atoms with Crippen LogP contribution in [0.25, 0.3) is 0 Å². The number of quaternary nitrogens is 2. The van der Waals surface area contributed by atoms with Gasteiger partial charge >= 0.3 is 0 Å². The molecule has 0 unspecified atom stereocenters. The van der Waals surface area contributed by atoms with Gasteiger partial charge in [0.15, 0.2) is 0 Å². The summed E-state index contributed by atoms with van der Waals surface area (Å²) in [5.74, 6) is -3.04. The topological polar surface area (TPSA) is 188 Å². The summed E-state index contributed by atoms with van der Waals surface area (Å²) < 4.78 is 0. The van der Waals surface area contributed by atoms with Crippen molar-refractivity contribution in [2.24, 2.45) is 23.3 Å². The molecule has 0 aromatic carbocycles. The minimum Gasteiger partial charge on any atom is -0.550 e. The van der Waals surface area contributed by atoms with Gasteiger partial charge in [0.1, 0.15) is 13.3 Å². The Hall–Kier alpha value is -1.22. The average Bonchev–Trinajstić information content (AvgIpc) is 2.31. The van der Waals surface area contributed by atoms with Gasteiger partial charge in [-0.25, -0.2) is 0 Å². The van der Waals surface area contributed by atoms with Crippen LogP contribution in [-0.2, 0) is 9.59 Å². The number of rotatable bonds is 2. The Morgan fingerprint density at radius 3 is 1.17 bits per heavy atom. The molecule has 0 radical (unpaired) electrons. The molecule has 108 valence electrons. The Kier molecular flexibility index (Phi) is 13.0. The van der Waals surface area contributed by atoms with Crippen LogP contribution < -0.4 is 33.1 Å². The summed E-state index contributed by atoms with van der Waals surface area (Å²) in [5, 5.41) is 20.7. The highest BCUT2D eigenvalue weighted by atomic mass is 16.4. The maximum Gasteiger partial charge on any atom is 0.125 e. The predicted molar refractivity (Wildman–Crippen MR) is 59.3 cm³/mol. The van der Waals surface area contributed by atoms with Crippen molar-refractivity contribution in [1.29, 1.82) is 0 Å². The van der Waals surface area contributed by atoms with Crippen molar-refractivity contribution in [2.45, 2.75) is 25.7 Å². The predicted octanol–water partition coefficient (Wildman–Crippen LogP) is -5.42. The van der Waals surface area contributed by atoms with Gasteiger partial charge in [-0.15, -0.1) is 0 Å². The van der Waals surface area contributed by atoms with E-state index in [9.17, 15) is 19.8 Å². The molecule has 0 saturated heterocycles. The zero-order valence-corrected chi connectivity index (χ0v) is 10.6. The summed E-state index contributed by atoms with van der Waals surface area (Å²) in [6.45, 7) is 1.00. The van der Waals surface area contributed by atoms with E-state index < -0.39 is 23.8 Å². The first-order valence-electron chi connectivity index (χ1n) is 5.84. The lowest BCUT2D eigenvalue weighted by Gasteiger charge is -2.29. The van der Waals surface area contributed by atoms with Gasteiger partial charge < -0.3 is 31.3 Å². The van der Waals surface area contributed by atoms with E-state index in [1.165, 1.54) is 0 Å². The number of hydrogen-bond donors (Lipinski definition) is 4. The fourth-order valence-corrected chi connectivity index (χ4v) is 1.56. The smallest absolute Gasteiger partial charge is 0.125 e. The zero-order valence-electron chi connectivity index (χ0n) is 10.6. The van der Waals surface area contributed by atoms with Crippen molar-refractivity contribution in [1.82, 2.24) is 0 Å². The van der Waals surface area contributed by atoms with Crippen LogP contribution in [0.5, 0.6) is 0 Å². The summed E-state index contributed by atoms with van der Waals surface area (Å²) in [6.07, 6.45) is 1.62. The number of carboxylic acids is 2. The van der Waals surface area contributed by atoms with E-state index in [-0.39, 0.29) is 0 Å². The first-order chi connectivity index (χ1) is 8.44. The molecule has 10 N–H and O–H groups in total. The largest absolute Gasteiger partial charge is 0.550 e. The van der Waals surface area contributed by atoms with Crippen molar-refractivity contribution < 1.29 is 31.3 Å². The van der Waals surface area contributed by atoms with Crippen molar-refractivity contribution in [3.63, 3.8) is 0 Å². The molecule has 0 heterocycles. The number of hydrogen-bond acceptors (Lipinski definition) is 6. The Morgan fingerprint density at radius 1 is 0.889 bits per heavy atom. The van der Waals surface area contributed by atoms with Crippen LogP contribution in [0.4, 0.5) is 0 Å². The lowest BCUT2D eigenvalue weighted by Crippen LogP contribution is -2.54. The van der Waals surface area contributed by atoms with E-state index in [2.05, 4.69) is 11.5 Å². The molecule has 0 spiro atoms. The van der Waals surface area contributed by atoms with Crippen molar-refractivity contribution in [3.8, 4) is 0 Å². The summed E-state index contributed by atoms with van der Waals surface area (Å²) >= 11 is 0. The van der Waals surface area contributed by atoms with Crippen LogP contribution in [0.1, 0.15) is 25.7 Å². The molecule has 1 rings (SSSR count). The molecule has 1 aliphatic rings. The van der Waals surface area contributed by atoms with Gasteiger partial charge in [-0.1, -0.05) is 0 Å². The lowest BCUT2D eigenvalue weighted by atomic mass is 9.82. The average molecular weight is 264 g/mol. The highest BCUT2D eigenvalue weighted by Gasteiger charge is 2.22. The van der Waals surface area contributed by atoms with E-state index in [1.807, 2.05) is 0 Å². The van der Waals surface area contributed by atoms with Gasteiger partial charge in [-0.2, -0.15) is 0 Å². The van der Waals surface area contributed by atoms with Crippen LogP contribution in [0, 0.1) is 11.8 Å². The molecule has 1 saturated carbocycles. The molecule has 0 aromatic heterocycles. The third-order valence-corrected chi connectivity index (χ3v) is 2.39. The fourth-order valence-electron chi connectivity index (χ4n) is 1.56. The maximum absolute atomic E-state index is 10.4. The van der Waals surface area contributed by atoms with Crippen molar-refractivity contribution in [2.75, 3.05) is 13.3 Å².